The van der Waals surface area contributed by atoms with Crippen molar-refractivity contribution >= 4 is 11.6 Å². The molecule has 1 aromatic rings. The average molecular weight is 277 g/mol. The standard InChI is InChI=1S/C15H20FN3O/c1-10-15(20)17-6-7-19(10)14-5-2-11(8-13(14)16)9-18-12-3-4-12/h2,5,8,10,12,18H,3-4,6-7,9H2,1H3,(H,17,20). The third-order valence-electron chi connectivity index (χ3n) is 3.99. The summed E-state index contributed by atoms with van der Waals surface area (Å²) in [4.78, 5) is 13.5. The summed E-state index contributed by atoms with van der Waals surface area (Å²) in [5.74, 6) is -0.295. The fourth-order valence-electron chi connectivity index (χ4n) is 2.55. The second-order valence-corrected chi connectivity index (χ2v) is 5.60. The van der Waals surface area contributed by atoms with Crippen molar-refractivity contribution in [2.24, 2.45) is 0 Å². The van der Waals surface area contributed by atoms with Crippen molar-refractivity contribution in [1.29, 1.82) is 0 Å². The second kappa shape index (κ2) is 5.40. The van der Waals surface area contributed by atoms with Gasteiger partial charge in [0, 0.05) is 25.7 Å². The Balaban J connectivity index is 1.73. The Hall–Kier alpha value is -1.62. The smallest absolute Gasteiger partial charge is 0.242 e. The molecule has 1 aliphatic heterocycles. The van der Waals surface area contributed by atoms with Crippen molar-refractivity contribution in [3.63, 3.8) is 0 Å². The Morgan fingerprint density at radius 1 is 1.45 bits per heavy atom. The summed E-state index contributed by atoms with van der Waals surface area (Å²) in [6.45, 7) is 3.71. The van der Waals surface area contributed by atoms with Crippen molar-refractivity contribution < 1.29 is 9.18 Å². The van der Waals surface area contributed by atoms with E-state index in [1.807, 2.05) is 11.0 Å². The molecule has 1 saturated heterocycles. The molecule has 3 rings (SSSR count). The van der Waals surface area contributed by atoms with Crippen LogP contribution in [0.2, 0.25) is 0 Å². The van der Waals surface area contributed by atoms with Crippen LogP contribution in [0, 0.1) is 5.82 Å². The molecule has 1 aliphatic carbocycles. The molecule has 1 unspecified atom stereocenters. The molecular weight excluding hydrogens is 257 g/mol. The molecule has 4 nitrogen and oxygen atoms in total. The number of benzene rings is 1. The lowest BCUT2D eigenvalue weighted by Crippen LogP contribution is -2.54. The number of hydrogen-bond donors (Lipinski definition) is 2. The minimum atomic E-state index is -0.325. The highest BCUT2D eigenvalue weighted by Gasteiger charge is 2.27. The highest BCUT2D eigenvalue weighted by Crippen LogP contribution is 2.24. The molecule has 108 valence electrons. The average Bonchev–Trinajstić information content (AvgIpc) is 3.24. The Bertz CT molecular complexity index is 516. The van der Waals surface area contributed by atoms with E-state index in [9.17, 15) is 9.18 Å². The van der Waals surface area contributed by atoms with Crippen molar-refractivity contribution in [3.05, 3.63) is 29.6 Å². The van der Waals surface area contributed by atoms with Gasteiger partial charge in [0.25, 0.3) is 0 Å². The second-order valence-electron chi connectivity index (χ2n) is 5.60. The van der Waals surface area contributed by atoms with Crippen molar-refractivity contribution in [2.45, 2.75) is 38.4 Å². The van der Waals surface area contributed by atoms with Crippen LogP contribution in [0.3, 0.4) is 0 Å². The topological polar surface area (TPSA) is 44.4 Å². The Morgan fingerprint density at radius 3 is 2.95 bits per heavy atom. The minimum Gasteiger partial charge on any atom is -0.356 e. The summed E-state index contributed by atoms with van der Waals surface area (Å²) in [6, 6.07) is 5.59. The molecule has 1 saturated carbocycles. The van der Waals surface area contributed by atoms with E-state index in [0.717, 1.165) is 5.56 Å². The molecular formula is C15H20FN3O. The summed E-state index contributed by atoms with van der Waals surface area (Å²) in [7, 11) is 0. The van der Waals surface area contributed by atoms with E-state index in [0.29, 0.717) is 31.4 Å². The van der Waals surface area contributed by atoms with E-state index < -0.39 is 0 Å². The number of hydrogen-bond acceptors (Lipinski definition) is 3. The number of nitrogens with zero attached hydrogens (tertiary/aromatic N) is 1. The SMILES string of the molecule is CC1C(=O)NCCN1c1ccc(CNC2CC2)cc1F. The van der Waals surface area contributed by atoms with Gasteiger partial charge < -0.3 is 15.5 Å². The van der Waals surface area contributed by atoms with Crippen LogP contribution in [0.15, 0.2) is 18.2 Å². The molecule has 1 aromatic carbocycles. The molecule has 5 heteroatoms. The molecule has 1 atom stereocenters. The van der Waals surface area contributed by atoms with Gasteiger partial charge in [0.2, 0.25) is 5.91 Å². The van der Waals surface area contributed by atoms with Gasteiger partial charge in [-0.3, -0.25) is 4.79 Å². The van der Waals surface area contributed by atoms with Crippen molar-refractivity contribution in [2.75, 3.05) is 18.0 Å². The lowest BCUT2D eigenvalue weighted by molar-refractivity contribution is -0.122. The number of nitrogens with one attached hydrogen (secondary N) is 2. The van der Waals surface area contributed by atoms with Crippen LogP contribution in [-0.4, -0.2) is 31.1 Å². The molecule has 2 aliphatic rings. The maximum Gasteiger partial charge on any atom is 0.242 e. The Labute approximate surface area is 118 Å². The van der Waals surface area contributed by atoms with Crippen molar-refractivity contribution in [3.8, 4) is 0 Å². The maximum atomic E-state index is 14.3. The lowest BCUT2D eigenvalue weighted by atomic mass is 10.1. The quantitative estimate of drug-likeness (QED) is 0.874. The summed E-state index contributed by atoms with van der Waals surface area (Å²) < 4.78 is 14.3. The number of anilines is 1. The normalized spacial score (nSPS) is 22.8. The lowest BCUT2D eigenvalue weighted by Gasteiger charge is -2.34. The van der Waals surface area contributed by atoms with Gasteiger partial charge >= 0.3 is 0 Å². The first-order valence-corrected chi connectivity index (χ1v) is 7.21. The summed E-state index contributed by atoms with van der Waals surface area (Å²) in [6.07, 6.45) is 2.45. The molecule has 0 aromatic heterocycles. The van der Waals surface area contributed by atoms with Crippen LogP contribution in [0.1, 0.15) is 25.3 Å². The third kappa shape index (κ3) is 2.77. The van der Waals surface area contributed by atoms with Crippen LogP contribution in [-0.2, 0) is 11.3 Å². The number of carbonyl (C=O) groups excluding carboxylic acids is 1. The number of carbonyl (C=O) groups is 1. The molecule has 2 fully saturated rings. The van der Waals surface area contributed by atoms with E-state index in [4.69, 9.17) is 0 Å². The zero-order valence-corrected chi connectivity index (χ0v) is 11.7. The zero-order chi connectivity index (χ0) is 14.1. The van der Waals surface area contributed by atoms with Gasteiger partial charge in [0.1, 0.15) is 11.9 Å². The number of amides is 1. The molecule has 0 radical (unpaired) electrons. The summed E-state index contributed by atoms with van der Waals surface area (Å²) in [5.41, 5.74) is 1.47. The maximum absolute atomic E-state index is 14.3. The first kappa shape index (κ1) is 13.4. The first-order chi connectivity index (χ1) is 9.65. The summed E-state index contributed by atoms with van der Waals surface area (Å²) in [5, 5.41) is 6.16. The molecule has 1 heterocycles. The minimum absolute atomic E-state index is 0.0462. The van der Waals surface area contributed by atoms with Gasteiger partial charge in [0.05, 0.1) is 5.69 Å². The Morgan fingerprint density at radius 2 is 2.25 bits per heavy atom. The van der Waals surface area contributed by atoms with E-state index >= 15 is 0 Å². The highest BCUT2D eigenvalue weighted by molar-refractivity contribution is 5.86. The van der Waals surface area contributed by atoms with E-state index in [1.165, 1.54) is 12.8 Å². The summed E-state index contributed by atoms with van der Waals surface area (Å²) >= 11 is 0. The van der Waals surface area contributed by atoms with Crippen LogP contribution < -0.4 is 15.5 Å². The van der Waals surface area contributed by atoms with Crippen LogP contribution in [0.5, 0.6) is 0 Å². The largest absolute Gasteiger partial charge is 0.356 e. The molecule has 2 N–H and O–H groups in total. The van der Waals surface area contributed by atoms with Gasteiger partial charge in [-0.15, -0.1) is 0 Å². The van der Waals surface area contributed by atoms with Gasteiger partial charge in [0.15, 0.2) is 0 Å². The van der Waals surface area contributed by atoms with Crippen LogP contribution in [0.25, 0.3) is 0 Å². The van der Waals surface area contributed by atoms with E-state index in [2.05, 4.69) is 10.6 Å². The van der Waals surface area contributed by atoms with Crippen LogP contribution in [0.4, 0.5) is 10.1 Å². The third-order valence-corrected chi connectivity index (χ3v) is 3.99. The van der Waals surface area contributed by atoms with Crippen LogP contribution >= 0.6 is 0 Å². The number of halogens is 1. The number of rotatable bonds is 4. The van der Waals surface area contributed by atoms with Crippen molar-refractivity contribution in [1.82, 2.24) is 10.6 Å². The predicted molar refractivity (Wildman–Crippen MR) is 76.1 cm³/mol. The monoisotopic (exact) mass is 277 g/mol. The highest BCUT2D eigenvalue weighted by atomic mass is 19.1. The Kier molecular flexibility index (Phi) is 3.61. The molecule has 0 bridgehead atoms. The van der Waals surface area contributed by atoms with E-state index in [1.54, 1.807) is 19.1 Å². The number of piperazine rings is 1. The van der Waals surface area contributed by atoms with Gasteiger partial charge in [-0.1, -0.05) is 6.07 Å². The predicted octanol–water partition coefficient (Wildman–Crippen LogP) is 1.40. The first-order valence-electron chi connectivity index (χ1n) is 7.21. The molecule has 1 amide bonds. The fraction of sp³-hybridized carbons (Fsp3) is 0.533. The van der Waals surface area contributed by atoms with E-state index in [-0.39, 0.29) is 17.8 Å². The zero-order valence-electron chi connectivity index (χ0n) is 11.7. The van der Waals surface area contributed by atoms with Gasteiger partial charge in [-0.2, -0.15) is 0 Å². The fourth-order valence-corrected chi connectivity index (χ4v) is 2.55. The van der Waals surface area contributed by atoms with Gasteiger partial charge in [-0.25, -0.2) is 4.39 Å². The van der Waals surface area contributed by atoms with Gasteiger partial charge in [-0.05, 0) is 37.5 Å². The molecule has 20 heavy (non-hydrogen) atoms. The molecule has 0 spiro atoms.